The molecule has 0 saturated carbocycles. The number of rotatable bonds is 6. The minimum Gasteiger partial charge on any atom is -0.343 e. The lowest BCUT2D eigenvalue weighted by Crippen LogP contribution is -2.43. The highest BCUT2D eigenvalue weighted by atomic mass is 32.2. The van der Waals surface area contributed by atoms with Crippen LogP contribution in [0.15, 0.2) is 83.8 Å². The molecule has 2 amide bonds. The van der Waals surface area contributed by atoms with Crippen LogP contribution in [0.3, 0.4) is 0 Å². The SMILES string of the molecule is CSc1ccc(-c2cccc(C(=O)NCC(=O)N3CCC(c4ccccc4)CC3)c2)cc1. The van der Waals surface area contributed by atoms with E-state index in [0.717, 1.165) is 37.1 Å². The fraction of sp³-hybridized carbons (Fsp3) is 0.259. The molecule has 0 bridgehead atoms. The summed E-state index contributed by atoms with van der Waals surface area (Å²) in [6.07, 6.45) is 3.97. The normalized spacial score (nSPS) is 14.2. The van der Waals surface area contributed by atoms with E-state index in [2.05, 4.69) is 53.8 Å². The lowest BCUT2D eigenvalue weighted by atomic mass is 9.89. The Labute approximate surface area is 194 Å². The Hall–Kier alpha value is -3.05. The third-order valence-electron chi connectivity index (χ3n) is 6.07. The standard InChI is InChI=1S/C27H28N2O2S/c1-32-25-12-10-21(11-13-25)23-8-5-9-24(18-23)27(31)28-19-26(30)29-16-14-22(15-17-29)20-6-3-2-4-7-20/h2-13,18,22H,14-17,19H2,1H3,(H,28,31). The van der Waals surface area contributed by atoms with Crippen molar-refractivity contribution in [3.05, 3.63) is 90.0 Å². The van der Waals surface area contributed by atoms with Crippen molar-refractivity contribution in [3.8, 4) is 11.1 Å². The van der Waals surface area contributed by atoms with Gasteiger partial charge in [-0.05, 0) is 66.0 Å². The summed E-state index contributed by atoms with van der Waals surface area (Å²) < 4.78 is 0. The number of carbonyl (C=O) groups excluding carboxylic acids is 2. The lowest BCUT2D eigenvalue weighted by molar-refractivity contribution is -0.131. The number of amides is 2. The van der Waals surface area contributed by atoms with E-state index in [1.807, 2.05) is 35.4 Å². The zero-order chi connectivity index (χ0) is 22.3. The molecule has 3 aromatic carbocycles. The van der Waals surface area contributed by atoms with Crippen LogP contribution in [0.1, 0.15) is 34.7 Å². The van der Waals surface area contributed by atoms with Gasteiger partial charge in [-0.15, -0.1) is 11.8 Å². The van der Waals surface area contributed by atoms with E-state index in [9.17, 15) is 9.59 Å². The van der Waals surface area contributed by atoms with Crippen LogP contribution in [0.5, 0.6) is 0 Å². The molecule has 1 aliphatic rings. The van der Waals surface area contributed by atoms with Crippen LogP contribution < -0.4 is 5.32 Å². The van der Waals surface area contributed by atoms with Crippen molar-refractivity contribution >= 4 is 23.6 Å². The molecular weight excluding hydrogens is 416 g/mol. The number of likely N-dealkylation sites (tertiary alicyclic amines) is 1. The number of nitrogens with zero attached hydrogens (tertiary/aromatic N) is 1. The first-order valence-electron chi connectivity index (χ1n) is 11.0. The van der Waals surface area contributed by atoms with E-state index in [4.69, 9.17) is 0 Å². The van der Waals surface area contributed by atoms with Gasteiger partial charge in [-0.25, -0.2) is 0 Å². The minimum atomic E-state index is -0.222. The van der Waals surface area contributed by atoms with Gasteiger partial charge in [0.05, 0.1) is 6.54 Å². The first-order valence-corrected chi connectivity index (χ1v) is 12.2. The van der Waals surface area contributed by atoms with Crippen LogP contribution in [0, 0.1) is 0 Å². The van der Waals surface area contributed by atoms with Gasteiger partial charge in [-0.1, -0.05) is 54.6 Å². The largest absolute Gasteiger partial charge is 0.343 e. The fourth-order valence-corrected chi connectivity index (χ4v) is 4.59. The summed E-state index contributed by atoms with van der Waals surface area (Å²) >= 11 is 1.70. The molecule has 0 radical (unpaired) electrons. The van der Waals surface area contributed by atoms with E-state index in [-0.39, 0.29) is 18.4 Å². The third-order valence-corrected chi connectivity index (χ3v) is 6.81. The van der Waals surface area contributed by atoms with Crippen molar-refractivity contribution in [1.29, 1.82) is 0 Å². The lowest BCUT2D eigenvalue weighted by Gasteiger charge is -2.32. The van der Waals surface area contributed by atoms with E-state index in [1.54, 1.807) is 17.8 Å². The van der Waals surface area contributed by atoms with E-state index in [1.165, 1.54) is 10.5 Å². The van der Waals surface area contributed by atoms with E-state index >= 15 is 0 Å². The van der Waals surface area contributed by atoms with E-state index in [0.29, 0.717) is 11.5 Å². The Morgan fingerprint density at radius 3 is 2.31 bits per heavy atom. The van der Waals surface area contributed by atoms with Gasteiger partial charge < -0.3 is 10.2 Å². The van der Waals surface area contributed by atoms with Crippen molar-refractivity contribution < 1.29 is 9.59 Å². The number of hydrogen-bond acceptors (Lipinski definition) is 3. The number of thioether (sulfide) groups is 1. The zero-order valence-electron chi connectivity index (χ0n) is 18.3. The molecule has 4 nitrogen and oxygen atoms in total. The molecule has 0 atom stereocenters. The van der Waals surface area contributed by atoms with Crippen LogP contribution in [-0.2, 0) is 4.79 Å². The van der Waals surface area contributed by atoms with Crippen LogP contribution in [0.4, 0.5) is 0 Å². The Morgan fingerprint density at radius 2 is 1.62 bits per heavy atom. The predicted octanol–water partition coefficient (Wildman–Crippen LogP) is 5.21. The molecule has 4 rings (SSSR count). The minimum absolute atomic E-state index is 0.0197. The molecule has 1 fully saturated rings. The maximum absolute atomic E-state index is 12.7. The topological polar surface area (TPSA) is 49.4 Å². The smallest absolute Gasteiger partial charge is 0.251 e. The van der Waals surface area contributed by atoms with Crippen LogP contribution in [-0.4, -0.2) is 42.6 Å². The average molecular weight is 445 g/mol. The monoisotopic (exact) mass is 444 g/mol. The van der Waals surface area contributed by atoms with Gasteiger partial charge in [0.1, 0.15) is 0 Å². The summed E-state index contributed by atoms with van der Waals surface area (Å²) in [6, 6.07) is 26.3. The Kier molecular flexibility index (Phi) is 7.28. The second kappa shape index (κ2) is 10.5. The first-order chi connectivity index (χ1) is 15.6. The summed E-state index contributed by atoms with van der Waals surface area (Å²) in [4.78, 5) is 28.4. The first kappa shape index (κ1) is 22.2. The van der Waals surface area contributed by atoms with Crippen molar-refractivity contribution in [1.82, 2.24) is 10.2 Å². The third kappa shape index (κ3) is 5.40. The number of benzene rings is 3. The molecule has 1 heterocycles. The summed E-state index contributed by atoms with van der Waals surface area (Å²) in [5, 5.41) is 2.80. The summed E-state index contributed by atoms with van der Waals surface area (Å²) in [5.41, 5.74) is 3.96. The zero-order valence-corrected chi connectivity index (χ0v) is 19.1. The van der Waals surface area contributed by atoms with E-state index < -0.39 is 0 Å². The highest BCUT2D eigenvalue weighted by Gasteiger charge is 2.24. The van der Waals surface area contributed by atoms with Gasteiger partial charge in [0.15, 0.2) is 0 Å². The fourth-order valence-electron chi connectivity index (χ4n) is 4.18. The van der Waals surface area contributed by atoms with Crippen LogP contribution >= 0.6 is 11.8 Å². The molecule has 1 N–H and O–H groups in total. The number of piperidine rings is 1. The molecule has 0 unspecified atom stereocenters. The van der Waals surface area contributed by atoms with Gasteiger partial charge in [0.2, 0.25) is 5.91 Å². The highest BCUT2D eigenvalue weighted by Crippen LogP contribution is 2.28. The van der Waals surface area contributed by atoms with Crippen LogP contribution in [0.2, 0.25) is 0 Å². The number of carbonyl (C=O) groups is 2. The average Bonchev–Trinajstić information content (AvgIpc) is 2.88. The summed E-state index contributed by atoms with van der Waals surface area (Å²) in [6.45, 7) is 1.49. The number of nitrogens with one attached hydrogen (secondary N) is 1. The second-order valence-corrected chi connectivity index (χ2v) is 8.94. The predicted molar refractivity (Wildman–Crippen MR) is 131 cm³/mol. The van der Waals surface area contributed by atoms with Gasteiger partial charge in [-0.3, -0.25) is 9.59 Å². The summed E-state index contributed by atoms with van der Waals surface area (Å²) in [7, 11) is 0. The molecule has 1 saturated heterocycles. The quantitative estimate of drug-likeness (QED) is 0.531. The molecule has 0 aromatic heterocycles. The molecular formula is C27H28N2O2S. The molecule has 0 aliphatic carbocycles. The van der Waals surface area contributed by atoms with Gasteiger partial charge in [-0.2, -0.15) is 0 Å². The number of hydrogen-bond donors (Lipinski definition) is 1. The van der Waals surface area contributed by atoms with Gasteiger partial charge >= 0.3 is 0 Å². The van der Waals surface area contributed by atoms with Crippen LogP contribution in [0.25, 0.3) is 11.1 Å². The van der Waals surface area contributed by atoms with Crippen molar-refractivity contribution in [3.63, 3.8) is 0 Å². The Morgan fingerprint density at radius 1 is 0.906 bits per heavy atom. The second-order valence-electron chi connectivity index (χ2n) is 8.06. The molecule has 5 heteroatoms. The molecule has 0 spiro atoms. The molecule has 32 heavy (non-hydrogen) atoms. The highest BCUT2D eigenvalue weighted by molar-refractivity contribution is 7.98. The Bertz CT molecular complexity index is 1060. The molecule has 3 aromatic rings. The Balaban J connectivity index is 1.30. The van der Waals surface area contributed by atoms with Gasteiger partial charge in [0, 0.05) is 23.5 Å². The summed E-state index contributed by atoms with van der Waals surface area (Å²) in [5.74, 6) is 0.261. The van der Waals surface area contributed by atoms with Crippen molar-refractivity contribution in [2.75, 3.05) is 25.9 Å². The maximum Gasteiger partial charge on any atom is 0.251 e. The molecule has 164 valence electrons. The van der Waals surface area contributed by atoms with Gasteiger partial charge in [0.25, 0.3) is 5.91 Å². The van der Waals surface area contributed by atoms with Crippen molar-refractivity contribution in [2.24, 2.45) is 0 Å². The maximum atomic E-state index is 12.7. The molecule has 1 aliphatic heterocycles. The van der Waals surface area contributed by atoms with Crippen molar-refractivity contribution in [2.45, 2.75) is 23.7 Å².